The lowest BCUT2D eigenvalue weighted by Crippen LogP contribution is -2.49. The number of nitrogens with one attached hydrogen (secondary N) is 4. The molecule has 6 heterocycles. The number of hydrogen-bond donors (Lipinski definition) is 4. The number of nitrogens with zero attached hydrogens (tertiary/aromatic N) is 7. The van der Waals surface area contributed by atoms with Crippen LogP contribution in [0.2, 0.25) is 0 Å². The van der Waals surface area contributed by atoms with Gasteiger partial charge < -0.3 is 25.0 Å². The Morgan fingerprint density at radius 1 is 0.894 bits per heavy atom. The van der Waals surface area contributed by atoms with Gasteiger partial charge in [0.25, 0.3) is 0 Å². The molecule has 0 spiro atoms. The first-order chi connectivity index (χ1) is 31.5. The molecule has 0 saturated carbocycles. The average molecular weight is 934 g/mol. The summed E-state index contributed by atoms with van der Waals surface area (Å²) in [5.74, 6) is -2.24. The molecule has 0 bridgehead atoms. The first-order valence-electron chi connectivity index (χ1n) is 21.4. The number of halogens is 4. The molecule has 66 heavy (non-hydrogen) atoms. The summed E-state index contributed by atoms with van der Waals surface area (Å²) in [5.41, 5.74) is 0.351. The van der Waals surface area contributed by atoms with E-state index in [-0.39, 0.29) is 65.8 Å². The Kier molecular flexibility index (Phi) is 13.0. The highest BCUT2D eigenvalue weighted by molar-refractivity contribution is 7.90. The molecule has 17 nitrogen and oxygen atoms in total. The third-order valence-electron chi connectivity index (χ3n) is 12.3. The summed E-state index contributed by atoms with van der Waals surface area (Å²) in [6, 6.07) is 8.70. The summed E-state index contributed by atoms with van der Waals surface area (Å²) in [4.78, 5) is 72.7. The molecule has 3 amide bonds. The van der Waals surface area contributed by atoms with Crippen molar-refractivity contribution in [1.29, 1.82) is 0 Å². The molecule has 3 aromatic heterocycles. The van der Waals surface area contributed by atoms with Crippen molar-refractivity contribution in [2.45, 2.75) is 51.2 Å². The lowest BCUT2D eigenvalue weighted by atomic mass is 9.92. The molecule has 348 valence electrons. The van der Waals surface area contributed by atoms with E-state index in [4.69, 9.17) is 0 Å². The minimum absolute atomic E-state index is 0.00767. The highest BCUT2D eigenvalue weighted by Crippen LogP contribution is 2.40. The molecule has 0 aliphatic carbocycles. The van der Waals surface area contributed by atoms with Crippen molar-refractivity contribution in [3.63, 3.8) is 0 Å². The fourth-order valence-electron chi connectivity index (χ4n) is 8.37. The fraction of sp³-hybridized carbons (Fsp3) is 0.386. The first-order valence-corrected chi connectivity index (χ1v) is 22.9. The normalized spacial score (nSPS) is 17.6. The van der Waals surface area contributed by atoms with Crippen LogP contribution in [0.4, 0.5) is 40.6 Å². The topological polar surface area (TPSA) is 206 Å². The zero-order valence-electron chi connectivity index (χ0n) is 36.0. The lowest BCUT2D eigenvalue weighted by Gasteiger charge is -2.37. The van der Waals surface area contributed by atoms with Crippen LogP contribution < -0.4 is 25.2 Å². The number of benzene rings is 2. The van der Waals surface area contributed by atoms with Crippen LogP contribution in [-0.2, 0) is 30.8 Å². The van der Waals surface area contributed by atoms with Crippen LogP contribution in [0.3, 0.4) is 0 Å². The van der Waals surface area contributed by atoms with Gasteiger partial charge in [-0.3, -0.25) is 29.2 Å². The van der Waals surface area contributed by atoms with Crippen LogP contribution in [0, 0.1) is 11.7 Å². The fourth-order valence-corrected chi connectivity index (χ4v) is 9.30. The predicted molar refractivity (Wildman–Crippen MR) is 237 cm³/mol. The van der Waals surface area contributed by atoms with E-state index in [1.54, 1.807) is 41.4 Å². The number of aromatic amines is 1. The van der Waals surface area contributed by atoms with Crippen molar-refractivity contribution in [2.75, 3.05) is 72.7 Å². The number of pyridine rings is 1. The molecule has 8 rings (SSSR count). The Bertz CT molecular complexity index is 2770. The van der Waals surface area contributed by atoms with Gasteiger partial charge in [0.1, 0.15) is 11.7 Å². The van der Waals surface area contributed by atoms with Gasteiger partial charge in [0.05, 0.1) is 16.8 Å². The van der Waals surface area contributed by atoms with E-state index in [0.29, 0.717) is 80.2 Å². The number of carbonyl (C=O) groups is 4. The van der Waals surface area contributed by atoms with Crippen molar-refractivity contribution in [3.05, 3.63) is 89.8 Å². The largest absolute Gasteiger partial charge is 0.418 e. The maximum atomic E-state index is 15.6. The van der Waals surface area contributed by atoms with Gasteiger partial charge >= 0.3 is 16.4 Å². The average Bonchev–Trinajstić information content (AvgIpc) is 3.74. The van der Waals surface area contributed by atoms with Crippen LogP contribution in [-0.4, -0.2) is 120 Å². The number of carbonyl (C=O) groups excluding carboxylic acids is 4. The predicted octanol–water partition coefficient (Wildman–Crippen LogP) is 5.19. The summed E-state index contributed by atoms with van der Waals surface area (Å²) in [7, 11) is -2.70. The van der Waals surface area contributed by atoms with Gasteiger partial charge in [0.2, 0.25) is 23.7 Å². The number of ketones is 1. The number of piperidine rings is 2. The lowest BCUT2D eigenvalue weighted by molar-refractivity contribution is -0.137. The molecule has 0 radical (unpaired) electrons. The van der Waals surface area contributed by atoms with E-state index in [0.717, 1.165) is 10.4 Å². The van der Waals surface area contributed by atoms with Crippen LogP contribution in [0.25, 0.3) is 22.2 Å². The molecule has 3 aliphatic rings. The Balaban J connectivity index is 0.844. The number of piperazine rings is 1. The summed E-state index contributed by atoms with van der Waals surface area (Å²) in [5, 5.41) is 5.43. The van der Waals surface area contributed by atoms with E-state index >= 15 is 4.39 Å². The standard InChI is InChI=1S/C44H47F4N11O6S/c1-3-56(2)66(64,65)55-34-6-4-5-30(39(34)45)40(62)32-25-50-41-31(32)20-27(22-49-41)28-23-51-43(52-24-28)59-17-15-58(16-18-59)38(61)19-26-11-13-57(14-12-26)36-9-7-29(21-33(36)44(46,47)48)53-35-8-10-37(60)54-42(35)63/h4-7,9,20-26,35,53,55H,3,8,10-19H2,1-2H3,(H,49,50)(H,54,60,63). The SMILES string of the molecule is CCN(C)S(=O)(=O)Nc1cccc(C(=O)c2c[nH]c3ncc(-c4cnc(N5CCN(C(=O)CC6CCN(c7ccc(NC8CCC(=O)NC8=O)cc7C(F)(F)F)CC6)CC5)nc4)cc23)c1F. The third kappa shape index (κ3) is 9.78. The molecule has 2 aromatic carbocycles. The molecular formula is C44H47F4N11O6S. The van der Waals surface area contributed by atoms with Crippen molar-refractivity contribution >= 4 is 67.8 Å². The molecule has 3 aliphatic heterocycles. The Morgan fingerprint density at radius 2 is 1.61 bits per heavy atom. The summed E-state index contributed by atoms with van der Waals surface area (Å²) in [6.45, 7) is 4.31. The maximum absolute atomic E-state index is 15.6. The monoisotopic (exact) mass is 933 g/mol. The quantitative estimate of drug-likeness (QED) is 0.0685. The smallest absolute Gasteiger partial charge is 0.374 e. The van der Waals surface area contributed by atoms with Crippen LogP contribution in [0.1, 0.15) is 60.5 Å². The van der Waals surface area contributed by atoms with Crippen LogP contribution in [0.15, 0.2) is 67.3 Å². The minimum Gasteiger partial charge on any atom is -0.374 e. The van der Waals surface area contributed by atoms with Crippen molar-refractivity contribution in [2.24, 2.45) is 5.92 Å². The van der Waals surface area contributed by atoms with Gasteiger partial charge in [-0.1, -0.05) is 13.0 Å². The van der Waals surface area contributed by atoms with Gasteiger partial charge in [-0.05, 0) is 61.6 Å². The number of imide groups is 1. The second kappa shape index (κ2) is 18.7. The van der Waals surface area contributed by atoms with Crippen LogP contribution >= 0.6 is 0 Å². The molecule has 5 aromatic rings. The maximum Gasteiger partial charge on any atom is 0.418 e. The van der Waals surface area contributed by atoms with Crippen LogP contribution in [0.5, 0.6) is 0 Å². The van der Waals surface area contributed by atoms with E-state index < -0.39 is 51.4 Å². The zero-order chi connectivity index (χ0) is 46.9. The highest BCUT2D eigenvalue weighted by Gasteiger charge is 2.37. The van der Waals surface area contributed by atoms with Gasteiger partial charge in [0.15, 0.2) is 11.6 Å². The van der Waals surface area contributed by atoms with Crippen molar-refractivity contribution in [3.8, 4) is 11.1 Å². The first kappa shape index (κ1) is 45.9. The number of fused-ring (bicyclic) bond motifs is 1. The molecule has 1 unspecified atom stereocenters. The Morgan fingerprint density at radius 3 is 2.29 bits per heavy atom. The van der Waals surface area contributed by atoms with E-state index in [1.165, 1.54) is 43.6 Å². The Labute approximate surface area is 377 Å². The number of anilines is 4. The second-order valence-electron chi connectivity index (χ2n) is 16.5. The van der Waals surface area contributed by atoms with Crippen molar-refractivity contribution < 1.29 is 45.2 Å². The second-order valence-corrected chi connectivity index (χ2v) is 18.3. The van der Waals surface area contributed by atoms with Gasteiger partial charge in [-0.15, -0.1) is 0 Å². The highest BCUT2D eigenvalue weighted by atomic mass is 32.2. The number of alkyl halides is 3. The number of aromatic nitrogens is 4. The Hall–Kier alpha value is -6.68. The third-order valence-corrected chi connectivity index (χ3v) is 13.9. The van der Waals surface area contributed by atoms with Gasteiger partial charge in [0, 0.05) is 124 Å². The summed E-state index contributed by atoms with van der Waals surface area (Å²) < 4.78 is 86.7. The molecule has 3 saturated heterocycles. The molecule has 22 heteroatoms. The number of rotatable bonds is 13. The number of H-pyrrole nitrogens is 1. The van der Waals surface area contributed by atoms with E-state index in [2.05, 4.69) is 35.3 Å². The van der Waals surface area contributed by atoms with Crippen molar-refractivity contribution in [1.82, 2.24) is 34.5 Å². The van der Waals surface area contributed by atoms with E-state index in [1.807, 2.05) is 4.90 Å². The minimum atomic E-state index is -4.65. The zero-order valence-corrected chi connectivity index (χ0v) is 36.8. The number of hydrogen-bond acceptors (Lipinski definition) is 12. The molecule has 1 atom stereocenters. The molecular weight excluding hydrogens is 887 g/mol. The molecule has 3 fully saturated rings. The summed E-state index contributed by atoms with van der Waals surface area (Å²) >= 11 is 0. The van der Waals surface area contributed by atoms with Gasteiger partial charge in [-0.2, -0.15) is 25.9 Å². The molecule has 4 N–H and O–H groups in total. The number of amides is 3. The van der Waals surface area contributed by atoms with E-state index in [9.17, 15) is 40.8 Å². The summed E-state index contributed by atoms with van der Waals surface area (Å²) in [6.07, 6.45) is 3.24. The van der Waals surface area contributed by atoms with Gasteiger partial charge in [-0.25, -0.2) is 19.3 Å².